The highest BCUT2D eigenvalue weighted by Crippen LogP contribution is 1.79. The van der Waals surface area contributed by atoms with E-state index in [1.807, 2.05) is 21.0 Å². The summed E-state index contributed by atoms with van der Waals surface area (Å²) in [5.41, 5.74) is 2.49. The van der Waals surface area contributed by atoms with Crippen molar-refractivity contribution in [3.8, 4) is 0 Å². The van der Waals surface area contributed by atoms with E-state index in [0.717, 1.165) is 0 Å². The van der Waals surface area contributed by atoms with Crippen LogP contribution in [-0.2, 0) is 0 Å². The van der Waals surface area contributed by atoms with Gasteiger partial charge in [-0.05, 0) is 14.0 Å². The number of hydrogen-bond acceptors (Lipinski definition) is 4. The molecular formula is C4H14N4. The summed E-state index contributed by atoms with van der Waals surface area (Å²) in [5, 5.41) is 4.76. The van der Waals surface area contributed by atoms with Crippen LogP contribution in [0.3, 0.4) is 0 Å². The zero-order valence-electron chi connectivity index (χ0n) is 5.60. The third-order valence-corrected chi connectivity index (χ3v) is 1.20. The van der Waals surface area contributed by atoms with Crippen molar-refractivity contribution in [2.24, 2.45) is 5.84 Å². The SMILES string of the molecule is CNC(C)N(C)NN. The predicted molar refractivity (Wildman–Crippen MR) is 33.6 cm³/mol. The second kappa shape index (κ2) is 3.80. The van der Waals surface area contributed by atoms with Gasteiger partial charge in [0.2, 0.25) is 0 Å². The molecule has 0 fully saturated rings. The molecule has 1 unspecified atom stereocenters. The Labute approximate surface area is 50.0 Å². The van der Waals surface area contributed by atoms with Crippen molar-refractivity contribution < 1.29 is 0 Å². The summed E-state index contributed by atoms with van der Waals surface area (Å²) in [6, 6.07) is 0. The molecule has 8 heavy (non-hydrogen) atoms. The van der Waals surface area contributed by atoms with E-state index in [-0.39, 0.29) is 6.17 Å². The number of rotatable bonds is 3. The van der Waals surface area contributed by atoms with Gasteiger partial charge in [0.15, 0.2) is 0 Å². The van der Waals surface area contributed by atoms with Crippen LogP contribution in [0.2, 0.25) is 0 Å². The normalized spacial score (nSPS) is 14.6. The molecule has 0 heterocycles. The second-order valence-electron chi connectivity index (χ2n) is 1.70. The predicted octanol–water partition coefficient (Wildman–Crippen LogP) is -1.14. The van der Waals surface area contributed by atoms with Crippen molar-refractivity contribution in [3.63, 3.8) is 0 Å². The van der Waals surface area contributed by atoms with E-state index in [0.29, 0.717) is 0 Å². The van der Waals surface area contributed by atoms with Crippen LogP contribution >= 0.6 is 0 Å². The van der Waals surface area contributed by atoms with E-state index in [2.05, 4.69) is 10.9 Å². The van der Waals surface area contributed by atoms with E-state index in [9.17, 15) is 0 Å². The third-order valence-electron chi connectivity index (χ3n) is 1.20. The molecule has 0 spiro atoms. The first-order chi connectivity index (χ1) is 3.72. The van der Waals surface area contributed by atoms with Crippen LogP contribution in [0.15, 0.2) is 0 Å². The molecule has 4 nitrogen and oxygen atoms in total. The summed E-state index contributed by atoms with van der Waals surface area (Å²) in [5.74, 6) is 5.08. The highest BCUT2D eigenvalue weighted by molar-refractivity contribution is 4.48. The van der Waals surface area contributed by atoms with E-state index >= 15 is 0 Å². The van der Waals surface area contributed by atoms with Crippen molar-refractivity contribution in [1.29, 1.82) is 0 Å². The van der Waals surface area contributed by atoms with Gasteiger partial charge in [-0.2, -0.15) is 5.53 Å². The standard InChI is InChI=1S/C4H14N4/c1-4(6-2)8(3)7-5/h4,6-7H,5H2,1-3H3. The fourth-order valence-corrected chi connectivity index (χ4v) is 0.305. The van der Waals surface area contributed by atoms with Gasteiger partial charge in [-0.3, -0.25) is 5.84 Å². The van der Waals surface area contributed by atoms with Crippen molar-refractivity contribution >= 4 is 0 Å². The highest BCUT2D eigenvalue weighted by Gasteiger charge is 2.00. The minimum Gasteiger partial charge on any atom is -0.304 e. The van der Waals surface area contributed by atoms with Gasteiger partial charge in [-0.25, -0.2) is 5.01 Å². The van der Waals surface area contributed by atoms with Gasteiger partial charge in [-0.15, -0.1) is 0 Å². The van der Waals surface area contributed by atoms with Gasteiger partial charge < -0.3 is 5.32 Å². The molecule has 0 rings (SSSR count). The van der Waals surface area contributed by atoms with Crippen molar-refractivity contribution in [2.75, 3.05) is 14.1 Å². The quantitative estimate of drug-likeness (QED) is 0.249. The average molecular weight is 118 g/mol. The average Bonchev–Trinajstić information content (AvgIpc) is 1.84. The summed E-state index contributed by atoms with van der Waals surface area (Å²) in [7, 11) is 3.74. The number of hydrazine groups is 2. The molecule has 50 valence electrons. The van der Waals surface area contributed by atoms with Gasteiger partial charge in [0.1, 0.15) is 0 Å². The summed E-state index contributed by atoms with van der Waals surface area (Å²) in [6.45, 7) is 2.00. The Morgan fingerprint density at radius 3 is 2.25 bits per heavy atom. The smallest absolute Gasteiger partial charge is 0.0711 e. The first-order valence-corrected chi connectivity index (χ1v) is 2.58. The maximum absolute atomic E-state index is 5.08. The maximum Gasteiger partial charge on any atom is 0.0711 e. The largest absolute Gasteiger partial charge is 0.304 e. The van der Waals surface area contributed by atoms with Crippen LogP contribution < -0.4 is 16.7 Å². The van der Waals surface area contributed by atoms with Crippen LogP contribution in [-0.4, -0.2) is 25.3 Å². The summed E-state index contributed by atoms with van der Waals surface area (Å²) < 4.78 is 0. The Morgan fingerprint density at radius 2 is 2.12 bits per heavy atom. The molecule has 4 N–H and O–H groups in total. The molecule has 0 aromatic rings. The lowest BCUT2D eigenvalue weighted by atomic mass is 10.6. The number of hydrogen-bond donors (Lipinski definition) is 3. The molecule has 0 amide bonds. The third kappa shape index (κ3) is 2.23. The minimum absolute atomic E-state index is 0.264. The Morgan fingerprint density at radius 1 is 1.62 bits per heavy atom. The first-order valence-electron chi connectivity index (χ1n) is 2.58. The minimum atomic E-state index is 0.264. The number of nitrogens with zero attached hydrogens (tertiary/aromatic N) is 1. The topological polar surface area (TPSA) is 53.3 Å². The first kappa shape index (κ1) is 7.84. The molecule has 0 aliphatic rings. The lowest BCUT2D eigenvalue weighted by Crippen LogP contribution is -2.50. The van der Waals surface area contributed by atoms with Crippen LogP contribution in [0, 0.1) is 0 Å². The van der Waals surface area contributed by atoms with Gasteiger partial charge in [0.05, 0.1) is 6.17 Å². The lowest BCUT2D eigenvalue weighted by Gasteiger charge is -2.21. The van der Waals surface area contributed by atoms with Crippen LogP contribution in [0.4, 0.5) is 0 Å². The van der Waals surface area contributed by atoms with Gasteiger partial charge >= 0.3 is 0 Å². The molecule has 1 atom stereocenters. The second-order valence-corrected chi connectivity index (χ2v) is 1.70. The van der Waals surface area contributed by atoms with Crippen LogP contribution in [0.5, 0.6) is 0 Å². The Balaban J connectivity index is 3.29. The zero-order chi connectivity index (χ0) is 6.57. The van der Waals surface area contributed by atoms with Crippen molar-refractivity contribution in [3.05, 3.63) is 0 Å². The molecule has 4 heteroatoms. The number of nitrogens with two attached hydrogens (primary N) is 1. The molecule has 0 aromatic carbocycles. The molecule has 0 aliphatic carbocycles. The lowest BCUT2D eigenvalue weighted by molar-refractivity contribution is 0.156. The molecule has 0 saturated heterocycles. The molecule has 0 aromatic heterocycles. The zero-order valence-corrected chi connectivity index (χ0v) is 5.60. The molecule has 0 saturated carbocycles. The van der Waals surface area contributed by atoms with E-state index < -0.39 is 0 Å². The van der Waals surface area contributed by atoms with E-state index in [1.54, 1.807) is 5.01 Å². The van der Waals surface area contributed by atoms with E-state index in [1.165, 1.54) is 0 Å². The molecule has 0 bridgehead atoms. The molecular weight excluding hydrogens is 104 g/mol. The van der Waals surface area contributed by atoms with Crippen molar-refractivity contribution in [1.82, 2.24) is 15.9 Å². The van der Waals surface area contributed by atoms with E-state index in [4.69, 9.17) is 5.84 Å². The fourth-order valence-electron chi connectivity index (χ4n) is 0.305. The van der Waals surface area contributed by atoms with Gasteiger partial charge in [-0.1, -0.05) is 0 Å². The molecule has 0 aliphatic heterocycles. The summed E-state index contributed by atoms with van der Waals surface area (Å²) in [4.78, 5) is 0. The Hall–Kier alpha value is -0.160. The highest BCUT2D eigenvalue weighted by atomic mass is 15.6. The summed E-state index contributed by atoms with van der Waals surface area (Å²) in [6.07, 6.45) is 0.264. The molecule has 0 radical (unpaired) electrons. The fraction of sp³-hybridized carbons (Fsp3) is 1.00. The van der Waals surface area contributed by atoms with Crippen LogP contribution in [0.25, 0.3) is 0 Å². The Kier molecular flexibility index (Phi) is 3.72. The van der Waals surface area contributed by atoms with Gasteiger partial charge in [0.25, 0.3) is 0 Å². The van der Waals surface area contributed by atoms with Gasteiger partial charge in [0, 0.05) is 7.05 Å². The van der Waals surface area contributed by atoms with Crippen LogP contribution in [0.1, 0.15) is 6.92 Å². The summed E-state index contributed by atoms with van der Waals surface area (Å²) >= 11 is 0. The van der Waals surface area contributed by atoms with Crippen molar-refractivity contribution in [2.45, 2.75) is 13.1 Å². The number of nitrogens with one attached hydrogen (secondary N) is 2. The monoisotopic (exact) mass is 118 g/mol. The Bertz CT molecular complexity index is 48.0. The maximum atomic E-state index is 5.08.